The van der Waals surface area contributed by atoms with Gasteiger partial charge in [0.1, 0.15) is 5.75 Å². The highest BCUT2D eigenvalue weighted by atomic mass is 16.5. The maximum Gasteiger partial charge on any atom is 0.259 e. The molecular formula is C12H17NO3. The van der Waals surface area contributed by atoms with Crippen molar-refractivity contribution < 1.29 is 14.6 Å². The van der Waals surface area contributed by atoms with E-state index in [1.54, 1.807) is 39.2 Å². The average Bonchev–Trinajstić information content (AvgIpc) is 2.25. The zero-order valence-corrected chi connectivity index (χ0v) is 9.80. The topological polar surface area (TPSA) is 49.8 Å². The van der Waals surface area contributed by atoms with Crippen LogP contribution in [-0.2, 0) is 4.79 Å². The van der Waals surface area contributed by atoms with Crippen molar-refractivity contribution in [3.63, 3.8) is 0 Å². The van der Waals surface area contributed by atoms with E-state index in [2.05, 4.69) is 0 Å². The number of rotatable bonds is 4. The van der Waals surface area contributed by atoms with Crippen LogP contribution in [0.25, 0.3) is 0 Å². The van der Waals surface area contributed by atoms with Crippen LogP contribution in [0.2, 0.25) is 0 Å². The Morgan fingerprint density at radius 1 is 1.44 bits per heavy atom. The molecule has 0 spiro atoms. The van der Waals surface area contributed by atoms with E-state index < -0.39 is 6.10 Å². The fraction of sp³-hybridized carbons (Fsp3) is 0.417. The third-order valence-electron chi connectivity index (χ3n) is 2.22. The van der Waals surface area contributed by atoms with Crippen molar-refractivity contribution in [2.45, 2.75) is 13.0 Å². The standard InChI is InChI=1S/C12H17NO3/c1-9(14)10-6-4-5-7-11(10)16-8-12(15)13(2)3/h4-7,9,14H,8H2,1-3H3/t9-/m0/s1. The number of benzene rings is 1. The van der Waals surface area contributed by atoms with Gasteiger partial charge in [-0.2, -0.15) is 0 Å². The van der Waals surface area contributed by atoms with E-state index >= 15 is 0 Å². The van der Waals surface area contributed by atoms with E-state index in [4.69, 9.17) is 4.74 Å². The molecule has 0 bridgehead atoms. The minimum Gasteiger partial charge on any atom is -0.483 e. The van der Waals surface area contributed by atoms with Gasteiger partial charge >= 0.3 is 0 Å². The maximum absolute atomic E-state index is 11.3. The number of aliphatic hydroxyl groups excluding tert-OH is 1. The molecule has 1 aromatic rings. The van der Waals surface area contributed by atoms with Gasteiger partial charge in [-0.25, -0.2) is 0 Å². The molecule has 1 N–H and O–H groups in total. The minimum atomic E-state index is -0.606. The van der Waals surface area contributed by atoms with Gasteiger partial charge in [0.05, 0.1) is 6.10 Å². The predicted octanol–water partition coefficient (Wildman–Crippen LogP) is 1.21. The number of nitrogens with zero attached hydrogens (tertiary/aromatic N) is 1. The molecule has 1 atom stereocenters. The largest absolute Gasteiger partial charge is 0.483 e. The molecule has 0 saturated carbocycles. The van der Waals surface area contributed by atoms with Gasteiger partial charge in [0.15, 0.2) is 6.61 Å². The highest BCUT2D eigenvalue weighted by molar-refractivity contribution is 5.77. The van der Waals surface area contributed by atoms with Crippen molar-refractivity contribution in [3.8, 4) is 5.75 Å². The highest BCUT2D eigenvalue weighted by Crippen LogP contribution is 2.24. The molecule has 0 heterocycles. The number of hydrogen-bond acceptors (Lipinski definition) is 3. The lowest BCUT2D eigenvalue weighted by molar-refractivity contribution is -0.130. The second-order valence-electron chi connectivity index (χ2n) is 3.79. The smallest absolute Gasteiger partial charge is 0.259 e. The first kappa shape index (κ1) is 12.5. The molecule has 0 aliphatic rings. The van der Waals surface area contributed by atoms with E-state index in [1.807, 2.05) is 6.07 Å². The van der Waals surface area contributed by atoms with E-state index in [-0.39, 0.29) is 12.5 Å². The predicted molar refractivity (Wildman–Crippen MR) is 61.3 cm³/mol. The molecule has 0 aliphatic heterocycles. The van der Waals surface area contributed by atoms with Gasteiger partial charge < -0.3 is 14.7 Å². The van der Waals surface area contributed by atoms with Crippen LogP contribution in [0.1, 0.15) is 18.6 Å². The normalized spacial score (nSPS) is 12.0. The van der Waals surface area contributed by atoms with E-state index in [0.717, 1.165) is 0 Å². The Kier molecular flexibility index (Phi) is 4.31. The maximum atomic E-state index is 11.3. The molecule has 0 unspecified atom stereocenters. The second-order valence-corrected chi connectivity index (χ2v) is 3.79. The lowest BCUT2D eigenvalue weighted by Gasteiger charge is -2.15. The molecule has 0 radical (unpaired) electrons. The molecule has 0 fully saturated rings. The molecule has 0 aliphatic carbocycles. The number of ether oxygens (including phenoxy) is 1. The summed E-state index contributed by atoms with van der Waals surface area (Å²) in [6.07, 6.45) is -0.606. The Balaban J connectivity index is 2.70. The number of likely N-dealkylation sites (N-methyl/N-ethyl adjacent to an activating group) is 1. The minimum absolute atomic E-state index is 0.0171. The van der Waals surface area contributed by atoms with Crippen LogP contribution in [0.15, 0.2) is 24.3 Å². The fourth-order valence-electron chi connectivity index (χ4n) is 1.23. The Hall–Kier alpha value is -1.55. The van der Waals surface area contributed by atoms with Crippen molar-refractivity contribution >= 4 is 5.91 Å². The van der Waals surface area contributed by atoms with Crippen LogP contribution in [0.5, 0.6) is 5.75 Å². The summed E-state index contributed by atoms with van der Waals surface area (Å²) >= 11 is 0. The Morgan fingerprint density at radius 2 is 2.06 bits per heavy atom. The van der Waals surface area contributed by atoms with Gasteiger partial charge in [-0.1, -0.05) is 18.2 Å². The third kappa shape index (κ3) is 3.24. The van der Waals surface area contributed by atoms with E-state index in [1.165, 1.54) is 4.90 Å². The molecule has 1 aromatic carbocycles. The summed E-state index contributed by atoms with van der Waals surface area (Å²) in [5, 5.41) is 9.50. The molecule has 4 nitrogen and oxygen atoms in total. The second kappa shape index (κ2) is 5.51. The van der Waals surface area contributed by atoms with Gasteiger partial charge in [0, 0.05) is 19.7 Å². The molecule has 0 saturated heterocycles. The molecular weight excluding hydrogens is 206 g/mol. The summed E-state index contributed by atoms with van der Waals surface area (Å²) in [5.41, 5.74) is 0.689. The summed E-state index contributed by atoms with van der Waals surface area (Å²) in [6, 6.07) is 7.15. The van der Waals surface area contributed by atoms with Crippen molar-refractivity contribution in [1.82, 2.24) is 4.90 Å². The summed E-state index contributed by atoms with van der Waals surface area (Å²) in [5.74, 6) is 0.438. The van der Waals surface area contributed by atoms with Crippen molar-refractivity contribution in [2.75, 3.05) is 20.7 Å². The quantitative estimate of drug-likeness (QED) is 0.834. The number of amides is 1. The van der Waals surface area contributed by atoms with Crippen molar-refractivity contribution in [1.29, 1.82) is 0 Å². The average molecular weight is 223 g/mol. The summed E-state index contributed by atoms with van der Waals surface area (Å²) in [4.78, 5) is 12.8. The van der Waals surface area contributed by atoms with Crippen molar-refractivity contribution in [2.24, 2.45) is 0 Å². The molecule has 1 amide bonds. The monoisotopic (exact) mass is 223 g/mol. The first-order valence-corrected chi connectivity index (χ1v) is 5.12. The zero-order chi connectivity index (χ0) is 12.1. The summed E-state index contributed by atoms with van der Waals surface area (Å²) in [7, 11) is 3.35. The van der Waals surface area contributed by atoms with Crippen LogP contribution < -0.4 is 4.74 Å². The van der Waals surface area contributed by atoms with Gasteiger partial charge in [-0.05, 0) is 13.0 Å². The molecule has 4 heteroatoms. The number of aliphatic hydroxyl groups is 1. The summed E-state index contributed by atoms with van der Waals surface area (Å²) < 4.78 is 5.37. The number of carbonyl (C=O) groups is 1. The fourth-order valence-corrected chi connectivity index (χ4v) is 1.23. The molecule has 0 aromatic heterocycles. The lowest BCUT2D eigenvalue weighted by atomic mass is 10.1. The van der Waals surface area contributed by atoms with E-state index in [9.17, 15) is 9.90 Å². The number of para-hydroxylation sites is 1. The molecule has 16 heavy (non-hydrogen) atoms. The number of hydrogen-bond donors (Lipinski definition) is 1. The summed E-state index contributed by atoms with van der Waals surface area (Å²) in [6.45, 7) is 1.65. The van der Waals surface area contributed by atoms with Gasteiger partial charge in [0.25, 0.3) is 5.91 Å². The molecule has 88 valence electrons. The molecule has 1 rings (SSSR count). The van der Waals surface area contributed by atoms with Crippen LogP contribution in [0.3, 0.4) is 0 Å². The first-order chi connectivity index (χ1) is 7.52. The van der Waals surface area contributed by atoms with Gasteiger partial charge in [-0.15, -0.1) is 0 Å². The Bertz CT molecular complexity index is 361. The Labute approximate surface area is 95.5 Å². The van der Waals surface area contributed by atoms with Crippen molar-refractivity contribution in [3.05, 3.63) is 29.8 Å². The zero-order valence-electron chi connectivity index (χ0n) is 9.80. The van der Waals surface area contributed by atoms with Crippen LogP contribution >= 0.6 is 0 Å². The van der Waals surface area contributed by atoms with Crippen LogP contribution in [0, 0.1) is 0 Å². The lowest BCUT2D eigenvalue weighted by Crippen LogP contribution is -2.27. The number of carbonyl (C=O) groups excluding carboxylic acids is 1. The van der Waals surface area contributed by atoms with Gasteiger partial charge in [0.2, 0.25) is 0 Å². The third-order valence-corrected chi connectivity index (χ3v) is 2.22. The Morgan fingerprint density at radius 3 is 2.62 bits per heavy atom. The SMILES string of the molecule is C[C@H](O)c1ccccc1OCC(=O)N(C)C. The van der Waals surface area contributed by atoms with Crippen LogP contribution in [-0.4, -0.2) is 36.6 Å². The van der Waals surface area contributed by atoms with Crippen LogP contribution in [0.4, 0.5) is 0 Å². The highest BCUT2D eigenvalue weighted by Gasteiger charge is 2.10. The van der Waals surface area contributed by atoms with Gasteiger partial charge in [-0.3, -0.25) is 4.79 Å². The first-order valence-electron chi connectivity index (χ1n) is 5.12. The van der Waals surface area contributed by atoms with E-state index in [0.29, 0.717) is 11.3 Å².